The summed E-state index contributed by atoms with van der Waals surface area (Å²) in [7, 11) is 0. The summed E-state index contributed by atoms with van der Waals surface area (Å²) in [5.41, 5.74) is 1.84. The van der Waals surface area contributed by atoms with Crippen molar-refractivity contribution in [3.63, 3.8) is 0 Å². The maximum Gasteiger partial charge on any atom is 0.235 e. The minimum absolute atomic E-state index is 0.161. The molecular weight excluding hydrogens is 380 g/mol. The molecule has 6 heteroatoms. The van der Waals surface area contributed by atoms with E-state index in [1.165, 1.54) is 0 Å². The SMILES string of the molecule is Clc1ccc(-c2cnc(CO/N=C\c3ccccc3Br)o2)cc1. The van der Waals surface area contributed by atoms with Gasteiger partial charge in [-0.05, 0) is 30.3 Å². The lowest BCUT2D eigenvalue weighted by atomic mass is 10.2. The minimum Gasteiger partial charge on any atom is -0.437 e. The van der Waals surface area contributed by atoms with Crippen LogP contribution in [0.2, 0.25) is 5.02 Å². The molecule has 0 unspecified atom stereocenters. The standard InChI is InChI=1S/C17H12BrClN2O2/c18-15-4-2-1-3-13(15)9-21-22-11-17-20-10-16(23-17)12-5-7-14(19)8-6-12/h1-10H,11H2/b21-9-. The van der Waals surface area contributed by atoms with Crippen molar-refractivity contribution >= 4 is 33.7 Å². The third-order valence-corrected chi connectivity index (χ3v) is 4.02. The maximum absolute atomic E-state index is 5.86. The highest BCUT2D eigenvalue weighted by Crippen LogP contribution is 2.22. The van der Waals surface area contributed by atoms with Crippen molar-refractivity contribution in [2.45, 2.75) is 6.61 Å². The Bertz CT molecular complexity index is 815. The molecule has 0 aliphatic carbocycles. The molecule has 1 heterocycles. The molecule has 3 aromatic rings. The van der Waals surface area contributed by atoms with Crippen LogP contribution in [0.25, 0.3) is 11.3 Å². The van der Waals surface area contributed by atoms with Crippen molar-refractivity contribution < 1.29 is 9.25 Å². The Labute approximate surface area is 146 Å². The molecule has 0 spiro atoms. The molecule has 116 valence electrons. The van der Waals surface area contributed by atoms with Crippen LogP contribution in [-0.2, 0) is 11.4 Å². The molecule has 3 rings (SSSR count). The first-order chi connectivity index (χ1) is 11.2. The lowest BCUT2D eigenvalue weighted by Crippen LogP contribution is -1.88. The second kappa shape index (κ2) is 7.44. The average molecular weight is 392 g/mol. The summed E-state index contributed by atoms with van der Waals surface area (Å²) < 4.78 is 6.58. The highest BCUT2D eigenvalue weighted by Gasteiger charge is 2.06. The lowest BCUT2D eigenvalue weighted by molar-refractivity contribution is 0.113. The van der Waals surface area contributed by atoms with E-state index in [2.05, 4.69) is 26.1 Å². The smallest absolute Gasteiger partial charge is 0.235 e. The second-order valence-corrected chi connectivity index (χ2v) is 5.95. The summed E-state index contributed by atoms with van der Waals surface area (Å²) in [4.78, 5) is 9.39. The van der Waals surface area contributed by atoms with Gasteiger partial charge in [-0.25, -0.2) is 4.98 Å². The van der Waals surface area contributed by atoms with Gasteiger partial charge in [0.15, 0.2) is 12.4 Å². The van der Waals surface area contributed by atoms with Crippen LogP contribution in [-0.4, -0.2) is 11.2 Å². The average Bonchev–Trinajstić information content (AvgIpc) is 3.03. The summed E-state index contributed by atoms with van der Waals surface area (Å²) in [6, 6.07) is 15.1. The van der Waals surface area contributed by atoms with E-state index in [1.54, 1.807) is 24.5 Å². The van der Waals surface area contributed by atoms with Crippen LogP contribution in [0.5, 0.6) is 0 Å². The van der Waals surface area contributed by atoms with Gasteiger partial charge < -0.3 is 9.25 Å². The van der Waals surface area contributed by atoms with Crippen LogP contribution < -0.4 is 0 Å². The molecule has 0 saturated carbocycles. The maximum atomic E-state index is 5.86. The highest BCUT2D eigenvalue weighted by molar-refractivity contribution is 9.10. The number of aromatic nitrogens is 1. The minimum atomic E-state index is 0.161. The van der Waals surface area contributed by atoms with E-state index in [0.29, 0.717) is 16.7 Å². The van der Waals surface area contributed by atoms with Gasteiger partial charge in [0.25, 0.3) is 0 Å². The predicted molar refractivity (Wildman–Crippen MR) is 93.5 cm³/mol. The lowest BCUT2D eigenvalue weighted by Gasteiger charge is -1.98. The van der Waals surface area contributed by atoms with Crippen molar-refractivity contribution in [2.75, 3.05) is 0 Å². The molecule has 2 aromatic carbocycles. The molecule has 0 atom stereocenters. The molecular formula is C17H12BrClN2O2. The van der Waals surface area contributed by atoms with Crippen molar-refractivity contribution in [3.8, 4) is 11.3 Å². The number of rotatable bonds is 5. The fourth-order valence-corrected chi connectivity index (χ4v) is 2.40. The Morgan fingerprint density at radius 3 is 2.74 bits per heavy atom. The van der Waals surface area contributed by atoms with Crippen molar-refractivity contribution in [1.82, 2.24) is 4.98 Å². The molecule has 0 aliphatic rings. The zero-order valence-corrected chi connectivity index (χ0v) is 14.3. The normalized spacial score (nSPS) is 11.0. The van der Waals surface area contributed by atoms with E-state index in [0.717, 1.165) is 15.6 Å². The van der Waals surface area contributed by atoms with E-state index in [4.69, 9.17) is 20.9 Å². The Hall–Kier alpha value is -2.11. The van der Waals surface area contributed by atoms with E-state index >= 15 is 0 Å². The van der Waals surface area contributed by atoms with Crippen LogP contribution in [0, 0.1) is 0 Å². The molecule has 0 saturated heterocycles. The van der Waals surface area contributed by atoms with E-state index in [-0.39, 0.29) is 6.61 Å². The number of halogens is 2. The zero-order valence-electron chi connectivity index (χ0n) is 11.9. The van der Waals surface area contributed by atoms with Crippen LogP contribution in [0.15, 0.2) is 68.8 Å². The van der Waals surface area contributed by atoms with E-state index in [1.807, 2.05) is 36.4 Å². The molecule has 0 radical (unpaired) electrons. The van der Waals surface area contributed by atoms with Gasteiger partial charge in [0, 0.05) is 20.6 Å². The van der Waals surface area contributed by atoms with Crippen molar-refractivity contribution in [2.24, 2.45) is 5.16 Å². The first-order valence-corrected chi connectivity index (χ1v) is 8.00. The fraction of sp³-hybridized carbons (Fsp3) is 0.0588. The number of hydrogen-bond acceptors (Lipinski definition) is 4. The summed E-state index contributed by atoms with van der Waals surface area (Å²) in [6.45, 7) is 0.161. The van der Waals surface area contributed by atoms with E-state index in [9.17, 15) is 0 Å². The molecule has 0 amide bonds. The number of oxazole rings is 1. The van der Waals surface area contributed by atoms with Gasteiger partial charge in [-0.1, -0.05) is 50.9 Å². The van der Waals surface area contributed by atoms with Gasteiger partial charge in [-0.2, -0.15) is 0 Å². The van der Waals surface area contributed by atoms with Crippen LogP contribution in [0.1, 0.15) is 11.5 Å². The van der Waals surface area contributed by atoms with Gasteiger partial charge in [0.05, 0.1) is 12.4 Å². The number of hydrogen-bond donors (Lipinski definition) is 0. The molecule has 0 bridgehead atoms. The van der Waals surface area contributed by atoms with Gasteiger partial charge >= 0.3 is 0 Å². The summed E-state index contributed by atoms with van der Waals surface area (Å²) in [6.07, 6.45) is 3.28. The quantitative estimate of drug-likeness (QED) is 0.437. The third-order valence-electron chi connectivity index (χ3n) is 3.04. The van der Waals surface area contributed by atoms with Gasteiger partial charge in [0.1, 0.15) is 0 Å². The monoisotopic (exact) mass is 390 g/mol. The molecule has 0 fully saturated rings. The van der Waals surface area contributed by atoms with Crippen LogP contribution >= 0.6 is 27.5 Å². The Kier molecular flexibility index (Phi) is 5.10. The van der Waals surface area contributed by atoms with Gasteiger partial charge in [0.2, 0.25) is 5.89 Å². The van der Waals surface area contributed by atoms with Crippen LogP contribution in [0.4, 0.5) is 0 Å². The Balaban J connectivity index is 1.59. The molecule has 23 heavy (non-hydrogen) atoms. The van der Waals surface area contributed by atoms with Gasteiger partial charge in [-0.15, -0.1) is 0 Å². The molecule has 0 N–H and O–H groups in total. The zero-order chi connectivity index (χ0) is 16.1. The second-order valence-electron chi connectivity index (χ2n) is 4.65. The Morgan fingerprint density at radius 1 is 1.17 bits per heavy atom. The topological polar surface area (TPSA) is 47.6 Å². The summed E-state index contributed by atoms with van der Waals surface area (Å²) in [5.74, 6) is 1.12. The summed E-state index contributed by atoms with van der Waals surface area (Å²) in [5, 5.41) is 4.60. The summed E-state index contributed by atoms with van der Waals surface area (Å²) >= 11 is 9.31. The number of nitrogens with zero attached hydrogens (tertiary/aromatic N) is 2. The predicted octanol–water partition coefficient (Wildman–Crippen LogP) is 5.31. The highest BCUT2D eigenvalue weighted by atomic mass is 79.9. The third kappa shape index (κ3) is 4.21. The molecule has 0 aliphatic heterocycles. The van der Waals surface area contributed by atoms with E-state index < -0.39 is 0 Å². The molecule has 1 aromatic heterocycles. The largest absolute Gasteiger partial charge is 0.437 e. The molecule has 4 nitrogen and oxygen atoms in total. The number of benzene rings is 2. The number of oxime groups is 1. The van der Waals surface area contributed by atoms with Crippen LogP contribution in [0.3, 0.4) is 0 Å². The van der Waals surface area contributed by atoms with Gasteiger partial charge in [-0.3, -0.25) is 0 Å². The Morgan fingerprint density at radius 2 is 1.96 bits per heavy atom. The van der Waals surface area contributed by atoms with Crippen molar-refractivity contribution in [1.29, 1.82) is 0 Å². The first kappa shape index (κ1) is 15.8. The first-order valence-electron chi connectivity index (χ1n) is 6.83. The van der Waals surface area contributed by atoms with Crippen molar-refractivity contribution in [3.05, 3.63) is 75.7 Å². The fourth-order valence-electron chi connectivity index (χ4n) is 1.89.